The van der Waals surface area contributed by atoms with Gasteiger partial charge in [-0.2, -0.15) is 0 Å². The molecule has 0 spiro atoms. The van der Waals surface area contributed by atoms with Crippen molar-refractivity contribution in [3.63, 3.8) is 0 Å². The molecule has 18 heavy (non-hydrogen) atoms. The Morgan fingerprint density at radius 3 is 2.83 bits per heavy atom. The van der Waals surface area contributed by atoms with Crippen molar-refractivity contribution in [2.75, 3.05) is 0 Å². The van der Waals surface area contributed by atoms with Gasteiger partial charge in [-0.25, -0.2) is 0 Å². The summed E-state index contributed by atoms with van der Waals surface area (Å²) >= 11 is 5.95. The van der Waals surface area contributed by atoms with Crippen molar-refractivity contribution >= 4 is 28.3 Å². The molecule has 0 unspecified atom stereocenters. The SMILES string of the molecule is Cc1ccc(C(=O)c2c[nH]c3ccc(Cl)cc23)o1. The van der Waals surface area contributed by atoms with Gasteiger partial charge in [-0.1, -0.05) is 11.6 Å². The van der Waals surface area contributed by atoms with E-state index in [0.717, 1.165) is 16.7 Å². The van der Waals surface area contributed by atoms with Gasteiger partial charge in [0.05, 0.1) is 5.56 Å². The molecule has 2 aromatic heterocycles. The number of hydrogen-bond acceptors (Lipinski definition) is 2. The maximum atomic E-state index is 12.3. The van der Waals surface area contributed by atoms with Crippen LogP contribution in [0.3, 0.4) is 0 Å². The Labute approximate surface area is 108 Å². The summed E-state index contributed by atoms with van der Waals surface area (Å²) in [6, 6.07) is 8.86. The lowest BCUT2D eigenvalue weighted by Crippen LogP contribution is -1.98. The number of H-pyrrole nitrogens is 1. The number of carbonyl (C=O) groups is 1. The number of hydrogen-bond donors (Lipinski definition) is 1. The van der Waals surface area contributed by atoms with Gasteiger partial charge in [-0.05, 0) is 37.3 Å². The quantitative estimate of drug-likeness (QED) is 0.708. The van der Waals surface area contributed by atoms with Crippen molar-refractivity contribution in [1.29, 1.82) is 0 Å². The summed E-state index contributed by atoms with van der Waals surface area (Å²) in [6.45, 7) is 1.81. The first-order valence-electron chi connectivity index (χ1n) is 5.53. The predicted molar refractivity (Wildman–Crippen MR) is 70.2 cm³/mol. The molecule has 0 atom stereocenters. The molecule has 4 heteroatoms. The van der Waals surface area contributed by atoms with Crippen LogP contribution in [0.4, 0.5) is 0 Å². The van der Waals surface area contributed by atoms with E-state index in [1.165, 1.54) is 0 Å². The summed E-state index contributed by atoms with van der Waals surface area (Å²) in [5, 5.41) is 1.41. The van der Waals surface area contributed by atoms with Gasteiger partial charge in [0.15, 0.2) is 5.76 Å². The molecule has 2 heterocycles. The van der Waals surface area contributed by atoms with Gasteiger partial charge in [0.25, 0.3) is 0 Å². The van der Waals surface area contributed by atoms with E-state index in [4.69, 9.17) is 16.0 Å². The van der Waals surface area contributed by atoms with Gasteiger partial charge in [-0.3, -0.25) is 4.79 Å². The standard InChI is InChI=1S/C14H10ClNO2/c1-8-2-5-13(18-8)14(17)11-7-16-12-4-3-9(15)6-10(11)12/h2-7,16H,1H3. The minimum atomic E-state index is -0.142. The Morgan fingerprint density at radius 1 is 1.28 bits per heavy atom. The molecule has 0 aliphatic rings. The van der Waals surface area contributed by atoms with Crippen LogP contribution >= 0.6 is 11.6 Å². The Hall–Kier alpha value is -2.00. The number of aryl methyl sites for hydroxylation is 1. The molecule has 1 aromatic carbocycles. The summed E-state index contributed by atoms with van der Waals surface area (Å²) in [5.41, 5.74) is 1.45. The lowest BCUT2D eigenvalue weighted by Gasteiger charge is -1.96. The van der Waals surface area contributed by atoms with Crippen LogP contribution in [-0.4, -0.2) is 10.8 Å². The summed E-state index contributed by atoms with van der Waals surface area (Å²) in [7, 11) is 0. The normalized spacial score (nSPS) is 11.0. The van der Waals surface area contributed by atoms with Crippen LogP contribution < -0.4 is 0 Å². The zero-order valence-electron chi connectivity index (χ0n) is 9.66. The van der Waals surface area contributed by atoms with E-state index in [-0.39, 0.29) is 5.78 Å². The number of carbonyl (C=O) groups excluding carboxylic acids is 1. The summed E-state index contributed by atoms with van der Waals surface area (Å²) in [4.78, 5) is 15.3. The van der Waals surface area contributed by atoms with Crippen molar-refractivity contribution < 1.29 is 9.21 Å². The maximum Gasteiger partial charge on any atom is 0.230 e. The first-order chi connectivity index (χ1) is 8.65. The fourth-order valence-electron chi connectivity index (χ4n) is 1.97. The van der Waals surface area contributed by atoms with Crippen LogP contribution in [0, 0.1) is 6.92 Å². The van der Waals surface area contributed by atoms with Crippen molar-refractivity contribution in [2.45, 2.75) is 6.92 Å². The van der Waals surface area contributed by atoms with Crippen molar-refractivity contribution in [3.05, 3.63) is 58.6 Å². The molecule has 0 aliphatic heterocycles. The highest BCUT2D eigenvalue weighted by Gasteiger charge is 2.17. The minimum Gasteiger partial charge on any atom is -0.458 e. The third-order valence-corrected chi connectivity index (χ3v) is 3.09. The third kappa shape index (κ3) is 1.73. The van der Waals surface area contributed by atoms with Gasteiger partial charge in [0.1, 0.15) is 5.76 Å². The molecule has 0 aliphatic carbocycles. The molecule has 3 rings (SSSR count). The summed E-state index contributed by atoms with van der Waals surface area (Å²) in [6.07, 6.45) is 1.68. The molecular formula is C14H10ClNO2. The number of halogens is 1. The summed E-state index contributed by atoms with van der Waals surface area (Å²) < 4.78 is 5.35. The van der Waals surface area contributed by atoms with Crippen molar-refractivity contribution in [1.82, 2.24) is 4.98 Å². The fourth-order valence-corrected chi connectivity index (χ4v) is 2.14. The molecule has 0 saturated heterocycles. The van der Waals surface area contributed by atoms with E-state index in [2.05, 4.69) is 4.98 Å². The van der Waals surface area contributed by atoms with E-state index in [1.54, 1.807) is 30.5 Å². The second-order valence-electron chi connectivity index (χ2n) is 4.13. The van der Waals surface area contributed by atoms with Crippen LogP contribution in [0.1, 0.15) is 21.9 Å². The van der Waals surface area contributed by atoms with Crippen LogP contribution in [0.5, 0.6) is 0 Å². The molecule has 0 saturated carbocycles. The Kier molecular flexibility index (Phi) is 2.49. The molecule has 3 nitrogen and oxygen atoms in total. The average Bonchev–Trinajstić information content (AvgIpc) is 2.94. The molecular weight excluding hydrogens is 250 g/mol. The minimum absolute atomic E-state index is 0.142. The second kappa shape index (κ2) is 4.03. The van der Waals surface area contributed by atoms with Crippen LogP contribution in [0.15, 0.2) is 40.9 Å². The number of rotatable bonds is 2. The van der Waals surface area contributed by atoms with Crippen LogP contribution in [-0.2, 0) is 0 Å². The number of aromatic nitrogens is 1. The Balaban J connectivity index is 2.14. The second-order valence-corrected chi connectivity index (χ2v) is 4.57. The predicted octanol–water partition coefficient (Wildman–Crippen LogP) is 3.95. The van der Waals surface area contributed by atoms with Gasteiger partial charge in [-0.15, -0.1) is 0 Å². The smallest absolute Gasteiger partial charge is 0.230 e. The number of furan rings is 1. The number of benzene rings is 1. The molecule has 0 amide bonds. The van der Waals surface area contributed by atoms with Gasteiger partial charge in [0.2, 0.25) is 5.78 Å². The van der Waals surface area contributed by atoms with Gasteiger partial charge >= 0.3 is 0 Å². The number of nitrogens with one attached hydrogen (secondary N) is 1. The number of fused-ring (bicyclic) bond motifs is 1. The van der Waals surface area contributed by atoms with E-state index in [0.29, 0.717) is 16.3 Å². The topological polar surface area (TPSA) is 46.0 Å². The highest BCUT2D eigenvalue weighted by Crippen LogP contribution is 2.24. The highest BCUT2D eigenvalue weighted by molar-refractivity contribution is 6.31. The average molecular weight is 260 g/mol. The van der Waals surface area contributed by atoms with E-state index >= 15 is 0 Å². The van der Waals surface area contributed by atoms with Crippen LogP contribution in [0.2, 0.25) is 5.02 Å². The largest absolute Gasteiger partial charge is 0.458 e. The Morgan fingerprint density at radius 2 is 2.11 bits per heavy atom. The lowest BCUT2D eigenvalue weighted by molar-refractivity contribution is 0.101. The lowest BCUT2D eigenvalue weighted by atomic mass is 10.1. The molecule has 0 fully saturated rings. The fraction of sp³-hybridized carbons (Fsp3) is 0.0714. The number of ketones is 1. The molecule has 90 valence electrons. The van der Waals surface area contributed by atoms with Gasteiger partial charge in [0, 0.05) is 22.1 Å². The monoisotopic (exact) mass is 259 g/mol. The molecule has 0 bridgehead atoms. The zero-order chi connectivity index (χ0) is 12.7. The molecule has 1 N–H and O–H groups in total. The third-order valence-electron chi connectivity index (χ3n) is 2.85. The van der Waals surface area contributed by atoms with E-state index in [1.807, 2.05) is 13.0 Å². The first-order valence-corrected chi connectivity index (χ1v) is 5.91. The van der Waals surface area contributed by atoms with Gasteiger partial charge < -0.3 is 9.40 Å². The van der Waals surface area contributed by atoms with Crippen molar-refractivity contribution in [2.24, 2.45) is 0 Å². The summed E-state index contributed by atoms with van der Waals surface area (Å²) in [5.74, 6) is 0.918. The van der Waals surface area contributed by atoms with E-state index < -0.39 is 0 Å². The maximum absolute atomic E-state index is 12.3. The Bertz CT molecular complexity index is 739. The first kappa shape index (κ1) is 11.1. The number of aromatic amines is 1. The zero-order valence-corrected chi connectivity index (χ0v) is 10.4. The van der Waals surface area contributed by atoms with Crippen LogP contribution in [0.25, 0.3) is 10.9 Å². The molecule has 0 radical (unpaired) electrons. The molecule has 3 aromatic rings. The van der Waals surface area contributed by atoms with E-state index in [9.17, 15) is 4.79 Å². The van der Waals surface area contributed by atoms with Crippen molar-refractivity contribution in [3.8, 4) is 0 Å². The highest BCUT2D eigenvalue weighted by atomic mass is 35.5.